The lowest BCUT2D eigenvalue weighted by Gasteiger charge is -1.97. The lowest BCUT2D eigenvalue weighted by atomic mass is 10.5. The number of pyridine rings is 1. The maximum Gasteiger partial charge on any atom is 0.228 e. The Balaban J connectivity index is 3.33. The molecule has 6 heteroatoms. The topological polar surface area (TPSA) is 47.0 Å². The molecule has 1 heterocycles. The summed E-state index contributed by atoms with van der Waals surface area (Å²) in [6.45, 7) is 0. The Morgan fingerprint density at radius 3 is 2.50 bits per heavy atom. The van der Waals surface area contributed by atoms with Gasteiger partial charge in [-0.3, -0.25) is 0 Å². The molecule has 0 spiro atoms. The molecular weight excluding hydrogens is 249 g/mol. The highest BCUT2D eigenvalue weighted by atomic mass is 79.9. The van der Waals surface area contributed by atoms with Gasteiger partial charge in [0.25, 0.3) is 0 Å². The van der Waals surface area contributed by atoms with E-state index in [2.05, 4.69) is 20.9 Å². The SMILES string of the molecule is CS(=O)(=O)c1ccc(Br)c(F)n1. The molecule has 0 saturated heterocycles. The number of hydrogen-bond donors (Lipinski definition) is 0. The predicted molar refractivity (Wildman–Crippen MR) is 45.0 cm³/mol. The van der Waals surface area contributed by atoms with Crippen LogP contribution >= 0.6 is 15.9 Å². The van der Waals surface area contributed by atoms with E-state index in [1.807, 2.05) is 0 Å². The number of aromatic nitrogens is 1. The van der Waals surface area contributed by atoms with Crippen LogP contribution in [-0.4, -0.2) is 19.7 Å². The van der Waals surface area contributed by atoms with Crippen LogP contribution in [0.1, 0.15) is 0 Å². The van der Waals surface area contributed by atoms with Crippen LogP contribution in [0.25, 0.3) is 0 Å². The fourth-order valence-electron chi connectivity index (χ4n) is 0.607. The van der Waals surface area contributed by atoms with Gasteiger partial charge in [0.2, 0.25) is 5.95 Å². The minimum absolute atomic E-state index is 0.148. The van der Waals surface area contributed by atoms with E-state index in [1.165, 1.54) is 12.1 Å². The molecule has 3 nitrogen and oxygen atoms in total. The van der Waals surface area contributed by atoms with Crippen molar-refractivity contribution >= 4 is 25.8 Å². The van der Waals surface area contributed by atoms with Crippen molar-refractivity contribution in [2.75, 3.05) is 6.26 Å². The van der Waals surface area contributed by atoms with E-state index in [1.54, 1.807) is 0 Å². The van der Waals surface area contributed by atoms with Crippen LogP contribution in [-0.2, 0) is 9.84 Å². The standard InChI is InChI=1S/C6H5BrFNO2S/c1-12(10,11)5-3-2-4(7)6(8)9-5/h2-3H,1H3. The molecule has 0 amide bonds. The Kier molecular flexibility index (Phi) is 2.48. The third-order valence-electron chi connectivity index (χ3n) is 1.16. The summed E-state index contributed by atoms with van der Waals surface area (Å²) in [4.78, 5) is 3.24. The molecule has 0 aliphatic heterocycles. The molecule has 0 fully saturated rings. The Bertz CT molecular complexity index is 404. The average Bonchev–Trinajstić information content (AvgIpc) is 1.92. The van der Waals surface area contributed by atoms with Crippen molar-refractivity contribution in [3.05, 3.63) is 22.6 Å². The maximum atomic E-state index is 12.7. The van der Waals surface area contributed by atoms with Gasteiger partial charge in [-0.1, -0.05) is 0 Å². The van der Waals surface area contributed by atoms with Gasteiger partial charge in [0.1, 0.15) is 0 Å². The highest BCUT2D eigenvalue weighted by Gasteiger charge is 2.10. The molecule has 12 heavy (non-hydrogen) atoms. The van der Waals surface area contributed by atoms with Crippen molar-refractivity contribution in [2.45, 2.75) is 5.03 Å². The summed E-state index contributed by atoms with van der Waals surface area (Å²) in [5.41, 5.74) is 0. The van der Waals surface area contributed by atoms with Crippen molar-refractivity contribution in [2.24, 2.45) is 0 Å². The van der Waals surface area contributed by atoms with E-state index in [0.717, 1.165) is 6.26 Å². The summed E-state index contributed by atoms with van der Waals surface area (Å²) < 4.78 is 34.5. The van der Waals surface area contributed by atoms with Crippen LogP contribution < -0.4 is 0 Å². The van der Waals surface area contributed by atoms with E-state index in [-0.39, 0.29) is 9.50 Å². The summed E-state index contributed by atoms with van der Waals surface area (Å²) in [5, 5.41) is -0.261. The van der Waals surface area contributed by atoms with Crippen molar-refractivity contribution < 1.29 is 12.8 Å². The van der Waals surface area contributed by atoms with E-state index < -0.39 is 15.8 Å². The molecule has 0 unspecified atom stereocenters. The van der Waals surface area contributed by atoms with Gasteiger partial charge >= 0.3 is 0 Å². The minimum atomic E-state index is -3.41. The minimum Gasteiger partial charge on any atom is -0.222 e. The van der Waals surface area contributed by atoms with Gasteiger partial charge in [-0.25, -0.2) is 13.4 Å². The van der Waals surface area contributed by atoms with E-state index in [4.69, 9.17) is 0 Å². The van der Waals surface area contributed by atoms with Gasteiger partial charge < -0.3 is 0 Å². The number of sulfone groups is 1. The highest BCUT2D eigenvalue weighted by Crippen LogP contribution is 2.15. The number of halogens is 2. The van der Waals surface area contributed by atoms with Crippen molar-refractivity contribution in [3.63, 3.8) is 0 Å². The molecular formula is C6H5BrFNO2S. The third kappa shape index (κ3) is 2.01. The molecule has 0 saturated carbocycles. The lowest BCUT2D eigenvalue weighted by molar-refractivity contribution is 0.553. The summed E-state index contributed by atoms with van der Waals surface area (Å²) in [6, 6.07) is 2.54. The lowest BCUT2D eigenvalue weighted by Crippen LogP contribution is -2.01. The average molecular weight is 254 g/mol. The smallest absolute Gasteiger partial charge is 0.222 e. The maximum absolute atomic E-state index is 12.7. The van der Waals surface area contributed by atoms with Crippen LogP contribution in [0, 0.1) is 5.95 Å². The highest BCUT2D eigenvalue weighted by molar-refractivity contribution is 9.10. The van der Waals surface area contributed by atoms with Crippen molar-refractivity contribution in [3.8, 4) is 0 Å². The van der Waals surface area contributed by atoms with Crippen LogP contribution in [0.15, 0.2) is 21.6 Å². The first kappa shape index (κ1) is 9.60. The zero-order valence-electron chi connectivity index (χ0n) is 6.08. The largest absolute Gasteiger partial charge is 0.228 e. The van der Waals surface area contributed by atoms with Gasteiger partial charge in [0.05, 0.1) is 4.47 Å². The molecule has 0 aliphatic rings. The van der Waals surface area contributed by atoms with Gasteiger partial charge in [0, 0.05) is 6.26 Å². The quantitative estimate of drug-likeness (QED) is 0.711. The molecule has 0 N–H and O–H groups in total. The van der Waals surface area contributed by atoms with Crippen LogP contribution in [0.3, 0.4) is 0 Å². The second kappa shape index (κ2) is 3.10. The fraction of sp³-hybridized carbons (Fsp3) is 0.167. The summed E-state index contributed by atoms with van der Waals surface area (Å²) in [7, 11) is -3.41. The van der Waals surface area contributed by atoms with E-state index in [9.17, 15) is 12.8 Å². The normalized spacial score (nSPS) is 11.6. The van der Waals surface area contributed by atoms with Gasteiger partial charge in [0.15, 0.2) is 14.9 Å². The summed E-state index contributed by atoms with van der Waals surface area (Å²) >= 11 is 2.86. The zero-order valence-corrected chi connectivity index (χ0v) is 8.49. The first-order valence-electron chi connectivity index (χ1n) is 2.93. The molecule has 0 radical (unpaired) electrons. The number of hydrogen-bond acceptors (Lipinski definition) is 3. The van der Waals surface area contributed by atoms with Gasteiger partial charge in [-0.2, -0.15) is 4.39 Å². The molecule has 0 atom stereocenters. The Hall–Kier alpha value is -0.490. The first-order chi connectivity index (χ1) is 5.41. The summed E-state index contributed by atoms with van der Waals surface area (Å²) in [5.74, 6) is -0.821. The molecule has 1 aromatic heterocycles. The Labute approximate surface area is 77.7 Å². The molecule has 0 aromatic carbocycles. The van der Waals surface area contributed by atoms with Crippen LogP contribution in [0.2, 0.25) is 0 Å². The number of rotatable bonds is 1. The monoisotopic (exact) mass is 253 g/mol. The molecule has 1 aromatic rings. The van der Waals surface area contributed by atoms with Crippen molar-refractivity contribution in [1.29, 1.82) is 0 Å². The molecule has 66 valence electrons. The zero-order chi connectivity index (χ0) is 9.35. The molecule has 1 rings (SSSR count). The van der Waals surface area contributed by atoms with E-state index >= 15 is 0 Å². The number of nitrogens with zero attached hydrogens (tertiary/aromatic N) is 1. The second-order valence-corrected chi connectivity index (χ2v) is 5.01. The van der Waals surface area contributed by atoms with E-state index in [0.29, 0.717) is 0 Å². The fourth-order valence-corrected chi connectivity index (χ4v) is 1.39. The Morgan fingerprint density at radius 1 is 1.50 bits per heavy atom. The third-order valence-corrected chi connectivity index (χ3v) is 2.74. The second-order valence-electron chi connectivity index (χ2n) is 2.19. The van der Waals surface area contributed by atoms with Gasteiger partial charge in [-0.05, 0) is 28.1 Å². The first-order valence-corrected chi connectivity index (χ1v) is 5.62. The molecule has 0 bridgehead atoms. The predicted octanol–water partition coefficient (Wildman–Crippen LogP) is 1.39. The van der Waals surface area contributed by atoms with Crippen LogP contribution in [0.5, 0.6) is 0 Å². The summed E-state index contributed by atoms with van der Waals surface area (Å²) in [6.07, 6.45) is 0.975. The Morgan fingerprint density at radius 2 is 2.08 bits per heavy atom. The molecule has 0 aliphatic carbocycles. The van der Waals surface area contributed by atoms with Crippen molar-refractivity contribution in [1.82, 2.24) is 4.98 Å². The van der Waals surface area contributed by atoms with Crippen LogP contribution in [0.4, 0.5) is 4.39 Å². The van der Waals surface area contributed by atoms with Gasteiger partial charge in [-0.15, -0.1) is 0 Å².